The first kappa shape index (κ1) is 21.1. The molecule has 3 aromatic carbocycles. The first-order chi connectivity index (χ1) is 15.4. The molecule has 162 valence electrons. The highest BCUT2D eigenvalue weighted by Gasteiger charge is 2.29. The van der Waals surface area contributed by atoms with Crippen molar-refractivity contribution in [2.75, 3.05) is 6.61 Å². The number of rotatable bonds is 7. The lowest BCUT2D eigenvalue weighted by atomic mass is 9.98. The van der Waals surface area contributed by atoms with Crippen molar-refractivity contribution in [1.82, 2.24) is 5.32 Å². The number of carbonyl (C=O) groups is 3. The summed E-state index contributed by atoms with van der Waals surface area (Å²) in [5, 5.41) is 13.9. The molecule has 0 unspecified atom stereocenters. The van der Waals surface area contributed by atoms with Gasteiger partial charge in [-0.3, -0.25) is 4.79 Å². The maximum atomic E-state index is 12.4. The number of nitrogens with one attached hydrogen (secondary N) is 1. The molecule has 1 aliphatic rings. The van der Waals surface area contributed by atoms with Crippen molar-refractivity contribution in [3.8, 4) is 11.1 Å². The van der Waals surface area contributed by atoms with E-state index in [9.17, 15) is 19.5 Å². The van der Waals surface area contributed by atoms with Crippen LogP contribution >= 0.6 is 0 Å². The van der Waals surface area contributed by atoms with Crippen LogP contribution in [0.5, 0.6) is 0 Å². The molecule has 0 bridgehead atoms. The molecule has 7 nitrogen and oxygen atoms in total. The van der Waals surface area contributed by atoms with Gasteiger partial charge < -0.3 is 25.7 Å². The second-order valence-corrected chi connectivity index (χ2v) is 7.61. The summed E-state index contributed by atoms with van der Waals surface area (Å²) in [6.45, 7) is 0.0763. The Morgan fingerprint density at radius 3 is 2.00 bits per heavy atom. The predicted molar refractivity (Wildman–Crippen MR) is 116 cm³/mol. The van der Waals surface area contributed by atoms with Gasteiger partial charge in [0.2, 0.25) is 5.91 Å². The first-order valence-corrected chi connectivity index (χ1v) is 10.1. The van der Waals surface area contributed by atoms with Crippen molar-refractivity contribution in [1.29, 1.82) is 0 Å². The van der Waals surface area contributed by atoms with E-state index in [-0.39, 0.29) is 18.9 Å². The molecule has 0 radical (unpaired) electrons. The van der Waals surface area contributed by atoms with E-state index in [1.165, 1.54) is 12.1 Å². The molecular formula is C25H21N2O5-. The Balaban J connectivity index is 1.41. The summed E-state index contributed by atoms with van der Waals surface area (Å²) in [4.78, 5) is 35.1. The highest BCUT2D eigenvalue weighted by molar-refractivity contribution is 5.92. The van der Waals surface area contributed by atoms with Crippen LogP contribution in [0.1, 0.15) is 33.0 Å². The van der Waals surface area contributed by atoms with E-state index in [0.29, 0.717) is 11.1 Å². The molecule has 7 heteroatoms. The van der Waals surface area contributed by atoms with Crippen molar-refractivity contribution in [2.24, 2.45) is 5.73 Å². The van der Waals surface area contributed by atoms with Gasteiger partial charge in [0, 0.05) is 11.5 Å². The number of fused-ring (bicyclic) bond motifs is 3. The number of carboxylic acid groups (broad SMARTS) is 1. The highest BCUT2D eigenvalue weighted by atomic mass is 16.5. The molecule has 1 aliphatic carbocycles. The Morgan fingerprint density at radius 1 is 0.906 bits per heavy atom. The monoisotopic (exact) mass is 429 g/mol. The van der Waals surface area contributed by atoms with Crippen LogP contribution in [-0.2, 0) is 16.0 Å². The van der Waals surface area contributed by atoms with Gasteiger partial charge in [0.15, 0.2) is 0 Å². The number of aliphatic carboxylic acids is 1. The standard InChI is InChI=1S/C25H22N2O5/c26-23(28)16-11-9-15(10-12-16)13-22(24(29)30)27-25(31)32-14-21-19-7-3-1-5-17(19)18-6-2-4-8-20(18)21/h1-12,21-22H,13-14H2,(H2,26,28)(H,27,31)(H,29,30)/p-1/t22-/m1/s1. The molecule has 3 aromatic rings. The smallest absolute Gasteiger partial charge is 0.407 e. The molecule has 0 saturated heterocycles. The Morgan fingerprint density at radius 2 is 1.47 bits per heavy atom. The summed E-state index contributed by atoms with van der Waals surface area (Å²) in [5.74, 6) is -2.14. The molecule has 3 N–H and O–H groups in total. The van der Waals surface area contributed by atoms with E-state index in [1.54, 1.807) is 12.1 Å². The maximum Gasteiger partial charge on any atom is 0.407 e. The summed E-state index contributed by atoms with van der Waals surface area (Å²) in [6.07, 6.45) is -0.860. The van der Waals surface area contributed by atoms with Gasteiger partial charge in [-0.05, 0) is 46.4 Å². The van der Waals surface area contributed by atoms with Crippen LogP contribution in [0.25, 0.3) is 11.1 Å². The normalized spacial score (nSPS) is 13.0. The number of benzene rings is 3. The molecule has 4 rings (SSSR count). The van der Waals surface area contributed by atoms with E-state index >= 15 is 0 Å². The van der Waals surface area contributed by atoms with Crippen LogP contribution in [0, 0.1) is 0 Å². The first-order valence-electron chi connectivity index (χ1n) is 10.1. The Hall–Kier alpha value is -4.13. The predicted octanol–water partition coefficient (Wildman–Crippen LogP) is 1.99. The summed E-state index contributed by atoms with van der Waals surface area (Å²) >= 11 is 0. The zero-order valence-electron chi connectivity index (χ0n) is 17.1. The van der Waals surface area contributed by atoms with Gasteiger partial charge in [-0.2, -0.15) is 0 Å². The van der Waals surface area contributed by atoms with E-state index in [4.69, 9.17) is 10.5 Å². The largest absolute Gasteiger partial charge is 0.548 e. The van der Waals surface area contributed by atoms with Crippen LogP contribution in [0.15, 0.2) is 72.8 Å². The number of carboxylic acids is 1. The Labute approximate surface area is 184 Å². The second-order valence-electron chi connectivity index (χ2n) is 7.61. The topological polar surface area (TPSA) is 122 Å². The second kappa shape index (κ2) is 8.93. The van der Waals surface area contributed by atoms with Gasteiger partial charge in [-0.15, -0.1) is 0 Å². The molecule has 0 heterocycles. The minimum atomic E-state index is -1.43. The summed E-state index contributed by atoms with van der Waals surface area (Å²) in [5.41, 5.74) is 10.4. The third-order valence-electron chi connectivity index (χ3n) is 5.60. The lowest BCUT2D eigenvalue weighted by Crippen LogP contribution is -2.49. The number of nitrogens with two attached hydrogens (primary N) is 1. The van der Waals surface area contributed by atoms with Gasteiger partial charge in [-0.25, -0.2) is 4.79 Å². The maximum absolute atomic E-state index is 12.4. The molecule has 32 heavy (non-hydrogen) atoms. The molecule has 2 amide bonds. The van der Waals surface area contributed by atoms with Gasteiger partial charge in [-0.1, -0.05) is 60.7 Å². The molecule has 0 saturated carbocycles. The quantitative estimate of drug-likeness (QED) is 0.595. The van der Waals surface area contributed by atoms with Gasteiger partial charge in [0.1, 0.15) is 6.61 Å². The number of hydrogen-bond acceptors (Lipinski definition) is 5. The van der Waals surface area contributed by atoms with E-state index in [2.05, 4.69) is 5.32 Å². The SMILES string of the molecule is NC(=O)c1ccc(C[C@@H](NC(=O)OCC2c3ccccc3-c3ccccc32)C(=O)[O-])cc1. The number of amides is 2. The average Bonchev–Trinajstić information content (AvgIpc) is 3.11. The molecule has 1 atom stereocenters. The van der Waals surface area contributed by atoms with Gasteiger partial charge in [0.05, 0.1) is 12.0 Å². The van der Waals surface area contributed by atoms with Crippen LogP contribution < -0.4 is 16.2 Å². The molecular weight excluding hydrogens is 408 g/mol. The number of hydrogen-bond donors (Lipinski definition) is 2. The zero-order chi connectivity index (χ0) is 22.7. The van der Waals surface area contributed by atoms with Gasteiger partial charge in [0.25, 0.3) is 0 Å². The van der Waals surface area contributed by atoms with Crippen molar-refractivity contribution < 1.29 is 24.2 Å². The minimum Gasteiger partial charge on any atom is -0.548 e. The molecule has 0 aromatic heterocycles. The third-order valence-corrected chi connectivity index (χ3v) is 5.60. The number of ether oxygens (including phenoxy) is 1. The Kier molecular flexibility index (Phi) is 5.89. The number of alkyl carbamates (subject to hydrolysis) is 1. The van der Waals surface area contributed by atoms with Crippen molar-refractivity contribution in [3.05, 3.63) is 95.1 Å². The highest BCUT2D eigenvalue weighted by Crippen LogP contribution is 2.44. The van der Waals surface area contributed by atoms with Crippen LogP contribution in [0.2, 0.25) is 0 Å². The zero-order valence-corrected chi connectivity index (χ0v) is 17.1. The fourth-order valence-corrected chi connectivity index (χ4v) is 4.02. The van der Waals surface area contributed by atoms with Crippen molar-refractivity contribution in [3.63, 3.8) is 0 Å². The van der Waals surface area contributed by atoms with E-state index < -0.39 is 24.0 Å². The lowest BCUT2D eigenvalue weighted by Gasteiger charge is -2.21. The summed E-state index contributed by atoms with van der Waals surface area (Å²) in [7, 11) is 0. The third kappa shape index (κ3) is 4.32. The summed E-state index contributed by atoms with van der Waals surface area (Å²) < 4.78 is 5.41. The average molecular weight is 429 g/mol. The van der Waals surface area contributed by atoms with Crippen molar-refractivity contribution in [2.45, 2.75) is 18.4 Å². The fourth-order valence-electron chi connectivity index (χ4n) is 4.02. The van der Waals surface area contributed by atoms with Crippen LogP contribution in [-0.4, -0.2) is 30.6 Å². The fraction of sp³-hybridized carbons (Fsp3) is 0.160. The van der Waals surface area contributed by atoms with Crippen LogP contribution in [0.3, 0.4) is 0 Å². The molecule has 0 fully saturated rings. The summed E-state index contributed by atoms with van der Waals surface area (Å²) in [6, 6.07) is 20.7. The van der Waals surface area contributed by atoms with E-state index in [0.717, 1.165) is 22.3 Å². The number of primary amides is 1. The lowest BCUT2D eigenvalue weighted by molar-refractivity contribution is -0.308. The molecule has 0 spiro atoms. The molecule has 0 aliphatic heterocycles. The minimum absolute atomic E-state index is 0.0223. The van der Waals surface area contributed by atoms with E-state index in [1.807, 2.05) is 48.5 Å². The number of carbonyl (C=O) groups excluding carboxylic acids is 3. The van der Waals surface area contributed by atoms with Crippen LogP contribution in [0.4, 0.5) is 4.79 Å². The van der Waals surface area contributed by atoms with Crippen molar-refractivity contribution >= 4 is 18.0 Å². The Bertz CT molecular complexity index is 1130. The van der Waals surface area contributed by atoms with Gasteiger partial charge >= 0.3 is 6.09 Å².